The van der Waals surface area contributed by atoms with Crippen LogP contribution in [0.1, 0.15) is 57.2 Å². The number of aryl methyl sites for hydroxylation is 2. The molecule has 38 heavy (non-hydrogen) atoms. The summed E-state index contributed by atoms with van der Waals surface area (Å²) in [5, 5.41) is 0. The van der Waals surface area contributed by atoms with Crippen LogP contribution < -0.4 is 4.90 Å². The second kappa shape index (κ2) is 9.66. The number of sulfone groups is 1. The van der Waals surface area contributed by atoms with Crippen LogP contribution in [-0.2, 0) is 21.7 Å². The Hall–Kier alpha value is -3.52. The highest BCUT2D eigenvalue weighted by Crippen LogP contribution is 2.48. The third-order valence-electron chi connectivity index (χ3n) is 7.92. The Morgan fingerprint density at radius 1 is 0.921 bits per heavy atom. The first kappa shape index (κ1) is 26.1. The van der Waals surface area contributed by atoms with E-state index in [0.717, 1.165) is 41.6 Å². The third kappa shape index (κ3) is 4.62. The highest BCUT2D eigenvalue weighted by atomic mass is 32.2. The van der Waals surface area contributed by atoms with Gasteiger partial charge in [0.25, 0.3) is 11.8 Å². The zero-order chi connectivity index (χ0) is 27.2. The van der Waals surface area contributed by atoms with Crippen molar-refractivity contribution in [2.24, 2.45) is 0 Å². The molecule has 0 saturated carbocycles. The summed E-state index contributed by atoms with van der Waals surface area (Å²) in [5.74, 6) is -1.30. The van der Waals surface area contributed by atoms with Gasteiger partial charge in [0.05, 0.1) is 0 Å². The van der Waals surface area contributed by atoms with Crippen molar-refractivity contribution in [1.29, 1.82) is 0 Å². The van der Waals surface area contributed by atoms with Gasteiger partial charge in [-0.2, -0.15) is 0 Å². The Labute approximate surface area is 223 Å². The van der Waals surface area contributed by atoms with Gasteiger partial charge in [-0.25, -0.2) is 12.8 Å². The van der Waals surface area contributed by atoms with Gasteiger partial charge in [0.1, 0.15) is 10.7 Å². The van der Waals surface area contributed by atoms with Crippen molar-refractivity contribution in [1.82, 2.24) is 4.90 Å². The molecule has 1 fully saturated rings. The summed E-state index contributed by atoms with van der Waals surface area (Å²) in [7, 11) is -3.74. The predicted octanol–water partition coefficient (Wildman–Crippen LogP) is 4.93. The molecule has 0 atom stereocenters. The number of piperidine rings is 1. The van der Waals surface area contributed by atoms with Crippen molar-refractivity contribution < 1.29 is 22.4 Å². The molecule has 6 nitrogen and oxygen atoms in total. The number of hydrogen-bond donors (Lipinski definition) is 0. The van der Waals surface area contributed by atoms with E-state index in [2.05, 4.69) is 13.0 Å². The zero-order valence-corrected chi connectivity index (χ0v) is 22.6. The quantitative estimate of drug-likeness (QED) is 0.476. The summed E-state index contributed by atoms with van der Waals surface area (Å²) in [6, 6.07) is 17.2. The predicted molar refractivity (Wildman–Crippen MR) is 145 cm³/mol. The van der Waals surface area contributed by atoms with E-state index < -0.39 is 20.5 Å². The lowest BCUT2D eigenvalue weighted by molar-refractivity contribution is 0.0670. The van der Waals surface area contributed by atoms with E-state index in [4.69, 9.17) is 0 Å². The second-order valence-electron chi connectivity index (χ2n) is 10.5. The first-order valence-corrected chi connectivity index (χ1v) is 14.7. The van der Waals surface area contributed by atoms with E-state index in [-0.39, 0.29) is 22.8 Å². The number of anilines is 1. The Balaban J connectivity index is 1.40. The van der Waals surface area contributed by atoms with Gasteiger partial charge in [0.15, 0.2) is 9.84 Å². The minimum atomic E-state index is -3.74. The molecule has 2 aliphatic rings. The van der Waals surface area contributed by atoms with Gasteiger partial charge < -0.3 is 9.80 Å². The highest BCUT2D eigenvalue weighted by Gasteiger charge is 2.47. The van der Waals surface area contributed by atoms with Gasteiger partial charge in [0, 0.05) is 48.1 Å². The molecule has 5 rings (SSSR count). The molecule has 8 heteroatoms. The summed E-state index contributed by atoms with van der Waals surface area (Å²) in [6.07, 6.45) is 3.26. The summed E-state index contributed by atoms with van der Waals surface area (Å²) in [5.41, 5.74) is 4.58. The molecule has 2 heterocycles. The van der Waals surface area contributed by atoms with Crippen molar-refractivity contribution in [3.05, 3.63) is 94.3 Å². The van der Waals surface area contributed by atoms with Crippen molar-refractivity contribution in [2.75, 3.05) is 30.8 Å². The van der Waals surface area contributed by atoms with E-state index in [1.807, 2.05) is 48.2 Å². The first-order valence-electron chi connectivity index (χ1n) is 12.8. The summed E-state index contributed by atoms with van der Waals surface area (Å²) in [6.45, 7) is 5.66. The van der Waals surface area contributed by atoms with Crippen LogP contribution in [0.15, 0.2) is 65.6 Å². The maximum absolute atomic E-state index is 14.6. The second-order valence-corrected chi connectivity index (χ2v) is 12.4. The smallest absolute Gasteiger partial charge is 0.258 e. The van der Waals surface area contributed by atoms with Gasteiger partial charge >= 0.3 is 0 Å². The lowest BCUT2D eigenvalue weighted by Gasteiger charge is -2.40. The first-order chi connectivity index (χ1) is 18.0. The highest BCUT2D eigenvalue weighted by molar-refractivity contribution is 7.90. The molecule has 0 radical (unpaired) electrons. The van der Waals surface area contributed by atoms with Crippen LogP contribution in [0.4, 0.5) is 10.1 Å². The standard InChI is InChI=1S/C30H31FN2O4S/c1-4-21-6-8-22(9-7-21)28(34)32-15-13-30(14-16-32)19-33(26-11-5-20(2)17-24(26)30)29(35)23-10-12-27(25(31)18-23)38(3,36)37/h5-12,17-18H,4,13-16,19H2,1-3H3. The maximum Gasteiger partial charge on any atom is 0.258 e. The summed E-state index contributed by atoms with van der Waals surface area (Å²) < 4.78 is 38.2. The summed E-state index contributed by atoms with van der Waals surface area (Å²) >= 11 is 0. The van der Waals surface area contributed by atoms with Crippen LogP contribution >= 0.6 is 0 Å². The molecule has 0 aliphatic carbocycles. The Morgan fingerprint density at radius 2 is 1.58 bits per heavy atom. The fraction of sp³-hybridized carbons (Fsp3) is 0.333. The largest absolute Gasteiger partial charge is 0.339 e. The van der Waals surface area contributed by atoms with E-state index in [9.17, 15) is 22.4 Å². The van der Waals surface area contributed by atoms with Crippen LogP contribution in [-0.4, -0.2) is 51.0 Å². The summed E-state index contributed by atoms with van der Waals surface area (Å²) in [4.78, 5) is 29.9. The van der Waals surface area contributed by atoms with Gasteiger partial charge in [-0.05, 0) is 73.7 Å². The maximum atomic E-state index is 14.6. The number of likely N-dealkylation sites (tertiary alicyclic amines) is 1. The molecule has 0 unspecified atom stereocenters. The third-order valence-corrected chi connectivity index (χ3v) is 9.05. The molecule has 2 amide bonds. The molecule has 198 valence electrons. The molecular formula is C30H31FN2O4S. The average Bonchev–Trinajstić information content (AvgIpc) is 3.20. The van der Waals surface area contributed by atoms with E-state index in [1.54, 1.807) is 4.90 Å². The van der Waals surface area contributed by atoms with Crippen molar-refractivity contribution in [3.63, 3.8) is 0 Å². The van der Waals surface area contributed by atoms with Gasteiger partial charge in [-0.1, -0.05) is 36.8 Å². The Bertz CT molecular complexity index is 1520. The molecule has 1 spiro atoms. The lowest BCUT2D eigenvalue weighted by atomic mass is 9.74. The number of carbonyl (C=O) groups excluding carboxylic acids is 2. The van der Waals surface area contributed by atoms with Crippen LogP contribution in [0, 0.1) is 12.7 Å². The number of halogens is 1. The average molecular weight is 535 g/mol. The van der Waals surface area contributed by atoms with Crippen LogP contribution in [0.3, 0.4) is 0 Å². The van der Waals surface area contributed by atoms with Gasteiger partial charge in [-0.15, -0.1) is 0 Å². The minimum absolute atomic E-state index is 0.0133. The zero-order valence-electron chi connectivity index (χ0n) is 21.8. The molecule has 0 bridgehead atoms. The Kier molecular flexibility index (Phi) is 6.63. The molecule has 2 aliphatic heterocycles. The number of benzene rings is 3. The minimum Gasteiger partial charge on any atom is -0.339 e. The monoisotopic (exact) mass is 534 g/mol. The number of amides is 2. The number of hydrogen-bond acceptors (Lipinski definition) is 4. The number of nitrogens with zero attached hydrogens (tertiary/aromatic N) is 2. The van der Waals surface area contributed by atoms with Crippen LogP contribution in [0.25, 0.3) is 0 Å². The van der Waals surface area contributed by atoms with E-state index in [0.29, 0.717) is 38.0 Å². The fourth-order valence-corrected chi connectivity index (χ4v) is 6.41. The lowest BCUT2D eigenvalue weighted by Crippen LogP contribution is -2.47. The molecule has 3 aromatic carbocycles. The molecule has 0 aromatic heterocycles. The van der Waals surface area contributed by atoms with E-state index in [1.165, 1.54) is 11.6 Å². The van der Waals surface area contributed by atoms with Crippen LogP contribution in [0.2, 0.25) is 0 Å². The molecule has 1 saturated heterocycles. The number of carbonyl (C=O) groups is 2. The van der Waals surface area contributed by atoms with Crippen molar-refractivity contribution >= 4 is 27.3 Å². The normalized spacial score (nSPS) is 16.5. The van der Waals surface area contributed by atoms with Crippen LogP contribution in [0.5, 0.6) is 0 Å². The molecular weight excluding hydrogens is 503 g/mol. The topological polar surface area (TPSA) is 74.8 Å². The van der Waals surface area contributed by atoms with E-state index >= 15 is 0 Å². The van der Waals surface area contributed by atoms with Gasteiger partial charge in [-0.3, -0.25) is 9.59 Å². The number of rotatable bonds is 4. The van der Waals surface area contributed by atoms with Crippen molar-refractivity contribution in [2.45, 2.75) is 43.4 Å². The van der Waals surface area contributed by atoms with Crippen molar-refractivity contribution in [3.8, 4) is 0 Å². The SMILES string of the molecule is CCc1ccc(C(=O)N2CCC3(CC2)CN(C(=O)c2ccc(S(C)(=O)=O)c(F)c2)c2ccc(C)cc23)cc1. The number of fused-ring (bicyclic) bond motifs is 2. The van der Waals surface area contributed by atoms with Gasteiger partial charge in [0.2, 0.25) is 0 Å². The molecule has 3 aromatic rings. The molecule has 0 N–H and O–H groups in total. The Morgan fingerprint density at radius 3 is 2.18 bits per heavy atom. The fourth-order valence-electron chi connectivity index (χ4n) is 5.69.